The Morgan fingerprint density at radius 1 is 1.00 bits per heavy atom. The van der Waals surface area contributed by atoms with Crippen molar-refractivity contribution in [3.05, 3.63) is 60.2 Å². The van der Waals surface area contributed by atoms with Crippen LogP contribution in [0.5, 0.6) is 0 Å². The summed E-state index contributed by atoms with van der Waals surface area (Å²) in [5, 5.41) is 2.74. The van der Waals surface area contributed by atoms with Gasteiger partial charge in [-0.25, -0.2) is 0 Å². The molecule has 2 aromatic carbocycles. The summed E-state index contributed by atoms with van der Waals surface area (Å²) >= 11 is 1.51. The standard InChI is InChI=1S/C21H26N2O2S/c1-16(24)22-18-10-12-19(13-11-18)26-15-20(25)23(21(2,3)4)14-17-8-6-5-7-9-17/h5-13H,14-15H2,1-4H3,(H,22,24). The highest BCUT2D eigenvalue weighted by Crippen LogP contribution is 2.24. The molecule has 2 amide bonds. The van der Waals surface area contributed by atoms with Crippen LogP contribution in [0.2, 0.25) is 0 Å². The number of thioether (sulfide) groups is 1. The average molecular weight is 371 g/mol. The first-order chi connectivity index (χ1) is 12.3. The summed E-state index contributed by atoms with van der Waals surface area (Å²) in [6.07, 6.45) is 0. The Morgan fingerprint density at radius 2 is 1.62 bits per heavy atom. The number of nitrogens with zero attached hydrogens (tertiary/aromatic N) is 1. The highest BCUT2D eigenvalue weighted by atomic mass is 32.2. The smallest absolute Gasteiger partial charge is 0.233 e. The molecule has 26 heavy (non-hydrogen) atoms. The van der Waals surface area contributed by atoms with E-state index in [1.807, 2.05) is 59.5 Å². The fourth-order valence-electron chi connectivity index (χ4n) is 2.53. The third-order valence-electron chi connectivity index (χ3n) is 3.83. The van der Waals surface area contributed by atoms with E-state index in [9.17, 15) is 9.59 Å². The second kappa shape index (κ2) is 8.90. The van der Waals surface area contributed by atoms with E-state index in [2.05, 4.69) is 26.1 Å². The van der Waals surface area contributed by atoms with Gasteiger partial charge in [0.25, 0.3) is 0 Å². The first-order valence-corrected chi connectivity index (χ1v) is 9.59. The van der Waals surface area contributed by atoms with Crippen LogP contribution in [0.15, 0.2) is 59.5 Å². The molecular weight excluding hydrogens is 344 g/mol. The molecule has 0 heterocycles. The Kier molecular flexibility index (Phi) is 6.86. The van der Waals surface area contributed by atoms with E-state index < -0.39 is 0 Å². The van der Waals surface area contributed by atoms with Gasteiger partial charge in [0, 0.05) is 29.6 Å². The highest BCUT2D eigenvalue weighted by molar-refractivity contribution is 8.00. The van der Waals surface area contributed by atoms with Gasteiger partial charge < -0.3 is 10.2 Å². The van der Waals surface area contributed by atoms with Crippen LogP contribution in [0.25, 0.3) is 0 Å². The summed E-state index contributed by atoms with van der Waals surface area (Å²) in [6.45, 7) is 8.25. The lowest BCUT2D eigenvalue weighted by Gasteiger charge is -2.36. The number of hydrogen-bond donors (Lipinski definition) is 1. The third-order valence-corrected chi connectivity index (χ3v) is 4.83. The molecule has 0 radical (unpaired) electrons. The molecule has 0 aliphatic heterocycles. The van der Waals surface area contributed by atoms with Crippen LogP contribution in [-0.4, -0.2) is 28.0 Å². The van der Waals surface area contributed by atoms with Crippen LogP contribution in [0.1, 0.15) is 33.3 Å². The highest BCUT2D eigenvalue weighted by Gasteiger charge is 2.26. The van der Waals surface area contributed by atoms with Crippen molar-refractivity contribution in [2.75, 3.05) is 11.1 Å². The van der Waals surface area contributed by atoms with Gasteiger partial charge in [0.05, 0.1) is 5.75 Å². The zero-order valence-electron chi connectivity index (χ0n) is 15.8. The maximum absolute atomic E-state index is 12.8. The van der Waals surface area contributed by atoms with E-state index in [4.69, 9.17) is 0 Å². The maximum Gasteiger partial charge on any atom is 0.233 e. The van der Waals surface area contributed by atoms with Gasteiger partial charge in [-0.1, -0.05) is 30.3 Å². The van der Waals surface area contributed by atoms with Crippen molar-refractivity contribution in [2.45, 2.75) is 44.7 Å². The second-order valence-electron chi connectivity index (χ2n) is 7.13. The molecule has 0 aliphatic carbocycles. The van der Waals surface area contributed by atoms with Crippen molar-refractivity contribution in [2.24, 2.45) is 0 Å². The summed E-state index contributed by atoms with van der Waals surface area (Å²) in [4.78, 5) is 26.8. The fourth-order valence-corrected chi connectivity index (χ4v) is 3.30. The first kappa shape index (κ1) is 20.0. The van der Waals surface area contributed by atoms with Crippen LogP contribution in [0, 0.1) is 0 Å². The van der Waals surface area contributed by atoms with Crippen LogP contribution in [0.4, 0.5) is 5.69 Å². The van der Waals surface area contributed by atoms with Crippen molar-refractivity contribution < 1.29 is 9.59 Å². The molecule has 0 saturated heterocycles. The zero-order valence-corrected chi connectivity index (χ0v) is 16.6. The number of carbonyl (C=O) groups is 2. The van der Waals surface area contributed by atoms with E-state index in [0.717, 1.165) is 16.1 Å². The van der Waals surface area contributed by atoms with Crippen LogP contribution in [0.3, 0.4) is 0 Å². The predicted molar refractivity (Wildman–Crippen MR) is 108 cm³/mol. The Hall–Kier alpha value is -2.27. The largest absolute Gasteiger partial charge is 0.333 e. The van der Waals surface area contributed by atoms with Gasteiger partial charge in [0.15, 0.2) is 0 Å². The molecule has 0 bridgehead atoms. The van der Waals surface area contributed by atoms with Gasteiger partial charge in [-0.3, -0.25) is 9.59 Å². The topological polar surface area (TPSA) is 49.4 Å². The second-order valence-corrected chi connectivity index (χ2v) is 8.18. The number of rotatable bonds is 6. The van der Waals surface area contributed by atoms with E-state index in [-0.39, 0.29) is 17.4 Å². The molecule has 0 unspecified atom stereocenters. The van der Waals surface area contributed by atoms with Crippen LogP contribution >= 0.6 is 11.8 Å². The van der Waals surface area contributed by atoms with Crippen molar-refractivity contribution in [1.82, 2.24) is 4.90 Å². The average Bonchev–Trinajstić information content (AvgIpc) is 2.58. The van der Waals surface area contributed by atoms with Gasteiger partial charge in [-0.15, -0.1) is 11.8 Å². The van der Waals surface area contributed by atoms with Gasteiger partial charge >= 0.3 is 0 Å². The Labute approximate surface area is 160 Å². The minimum Gasteiger partial charge on any atom is -0.333 e. The Balaban J connectivity index is 1.99. The Bertz CT molecular complexity index is 737. The monoisotopic (exact) mass is 370 g/mol. The lowest BCUT2D eigenvalue weighted by atomic mass is 10.0. The third kappa shape index (κ3) is 6.23. The van der Waals surface area contributed by atoms with Gasteiger partial charge in [0.1, 0.15) is 0 Å². The van der Waals surface area contributed by atoms with E-state index in [0.29, 0.717) is 12.3 Å². The minimum absolute atomic E-state index is 0.0951. The van der Waals surface area contributed by atoms with Crippen LogP contribution in [-0.2, 0) is 16.1 Å². The molecule has 0 fully saturated rings. The molecule has 0 atom stereocenters. The Morgan fingerprint density at radius 3 is 2.15 bits per heavy atom. The molecule has 5 heteroatoms. The van der Waals surface area contributed by atoms with Gasteiger partial charge in [0.2, 0.25) is 11.8 Å². The molecule has 0 spiro atoms. The predicted octanol–water partition coefficient (Wildman–Crippen LogP) is 4.56. The molecule has 4 nitrogen and oxygen atoms in total. The number of nitrogens with one attached hydrogen (secondary N) is 1. The quantitative estimate of drug-likeness (QED) is 0.758. The molecule has 1 N–H and O–H groups in total. The molecular formula is C21H26N2O2S. The lowest BCUT2D eigenvalue weighted by molar-refractivity contribution is -0.133. The summed E-state index contributed by atoms with van der Waals surface area (Å²) in [7, 11) is 0. The summed E-state index contributed by atoms with van der Waals surface area (Å²) < 4.78 is 0. The first-order valence-electron chi connectivity index (χ1n) is 8.60. The molecule has 0 saturated carbocycles. The maximum atomic E-state index is 12.8. The van der Waals surface area contributed by atoms with Gasteiger partial charge in [-0.2, -0.15) is 0 Å². The number of carbonyl (C=O) groups excluding carboxylic acids is 2. The summed E-state index contributed by atoms with van der Waals surface area (Å²) in [5.74, 6) is 0.392. The number of hydrogen-bond acceptors (Lipinski definition) is 3. The molecule has 0 aliphatic rings. The molecule has 0 aromatic heterocycles. The number of anilines is 1. The van der Waals surface area contributed by atoms with Crippen molar-refractivity contribution >= 4 is 29.3 Å². The van der Waals surface area contributed by atoms with E-state index >= 15 is 0 Å². The normalized spacial score (nSPS) is 11.1. The SMILES string of the molecule is CC(=O)Nc1ccc(SCC(=O)N(Cc2ccccc2)C(C)(C)C)cc1. The van der Waals surface area contributed by atoms with Crippen molar-refractivity contribution in [3.8, 4) is 0 Å². The molecule has 2 rings (SSSR count). The minimum atomic E-state index is -0.247. The van der Waals surface area contributed by atoms with Crippen LogP contribution < -0.4 is 5.32 Å². The molecule has 2 aromatic rings. The lowest BCUT2D eigenvalue weighted by Crippen LogP contribution is -2.45. The fraction of sp³-hybridized carbons (Fsp3) is 0.333. The molecule has 138 valence electrons. The van der Waals surface area contributed by atoms with Gasteiger partial charge in [-0.05, 0) is 50.6 Å². The zero-order chi connectivity index (χ0) is 19.2. The van der Waals surface area contributed by atoms with Crippen molar-refractivity contribution in [1.29, 1.82) is 0 Å². The van der Waals surface area contributed by atoms with E-state index in [1.54, 1.807) is 0 Å². The summed E-state index contributed by atoms with van der Waals surface area (Å²) in [6, 6.07) is 17.6. The summed E-state index contributed by atoms with van der Waals surface area (Å²) in [5.41, 5.74) is 1.64. The number of amides is 2. The van der Waals surface area contributed by atoms with Crippen molar-refractivity contribution in [3.63, 3.8) is 0 Å². The number of benzene rings is 2. The van der Waals surface area contributed by atoms with E-state index in [1.165, 1.54) is 18.7 Å².